The standard InChI is InChI=1S/C13H28N2/c1-10(2)7-12-8-15(11(3)4)9-13(12)14(5)6/h10-13H,7-9H2,1-6H3/t12-,13+/m0/s1. The number of hydrogen-bond acceptors (Lipinski definition) is 2. The van der Waals surface area contributed by atoms with E-state index in [-0.39, 0.29) is 0 Å². The number of nitrogens with zero attached hydrogens (tertiary/aromatic N) is 2. The van der Waals surface area contributed by atoms with Crippen molar-refractivity contribution < 1.29 is 0 Å². The zero-order valence-electron chi connectivity index (χ0n) is 11.3. The highest BCUT2D eigenvalue weighted by molar-refractivity contribution is 4.90. The van der Waals surface area contributed by atoms with E-state index in [1.807, 2.05) is 0 Å². The molecule has 1 aliphatic rings. The third-order valence-corrected chi connectivity index (χ3v) is 3.60. The summed E-state index contributed by atoms with van der Waals surface area (Å²) in [6.45, 7) is 11.8. The van der Waals surface area contributed by atoms with E-state index >= 15 is 0 Å². The van der Waals surface area contributed by atoms with Crippen molar-refractivity contribution in [2.24, 2.45) is 11.8 Å². The highest BCUT2D eigenvalue weighted by Gasteiger charge is 2.34. The van der Waals surface area contributed by atoms with Gasteiger partial charge in [0, 0.05) is 25.2 Å². The molecule has 1 rings (SSSR count). The number of hydrogen-bond donors (Lipinski definition) is 0. The summed E-state index contributed by atoms with van der Waals surface area (Å²) < 4.78 is 0. The fourth-order valence-electron chi connectivity index (χ4n) is 2.73. The van der Waals surface area contributed by atoms with Crippen molar-refractivity contribution in [3.63, 3.8) is 0 Å². The summed E-state index contributed by atoms with van der Waals surface area (Å²) >= 11 is 0. The van der Waals surface area contributed by atoms with Crippen LogP contribution in [0.1, 0.15) is 34.1 Å². The molecule has 2 nitrogen and oxygen atoms in total. The minimum Gasteiger partial charge on any atom is -0.305 e. The molecule has 0 spiro atoms. The van der Waals surface area contributed by atoms with Crippen molar-refractivity contribution in [2.75, 3.05) is 27.2 Å². The fraction of sp³-hybridized carbons (Fsp3) is 1.00. The minimum atomic E-state index is 0.699. The van der Waals surface area contributed by atoms with Gasteiger partial charge in [0.25, 0.3) is 0 Å². The van der Waals surface area contributed by atoms with Gasteiger partial charge in [-0.05, 0) is 46.2 Å². The molecule has 15 heavy (non-hydrogen) atoms. The molecule has 1 fully saturated rings. The van der Waals surface area contributed by atoms with Crippen LogP contribution in [-0.2, 0) is 0 Å². The van der Waals surface area contributed by atoms with Gasteiger partial charge in [0.05, 0.1) is 0 Å². The molecule has 2 atom stereocenters. The van der Waals surface area contributed by atoms with Crippen LogP contribution in [0.5, 0.6) is 0 Å². The summed E-state index contributed by atoms with van der Waals surface area (Å²) in [5, 5.41) is 0. The zero-order valence-corrected chi connectivity index (χ0v) is 11.3. The maximum absolute atomic E-state index is 2.62. The zero-order chi connectivity index (χ0) is 11.6. The van der Waals surface area contributed by atoms with E-state index in [1.54, 1.807) is 0 Å². The number of likely N-dealkylation sites (N-methyl/N-ethyl adjacent to an activating group) is 1. The number of likely N-dealkylation sites (tertiary alicyclic amines) is 1. The van der Waals surface area contributed by atoms with Gasteiger partial charge in [-0.2, -0.15) is 0 Å². The van der Waals surface area contributed by atoms with E-state index in [0.29, 0.717) is 6.04 Å². The van der Waals surface area contributed by atoms with Crippen molar-refractivity contribution in [1.82, 2.24) is 9.80 Å². The molecule has 0 aliphatic carbocycles. The minimum absolute atomic E-state index is 0.699. The van der Waals surface area contributed by atoms with Gasteiger partial charge in [0.2, 0.25) is 0 Å². The van der Waals surface area contributed by atoms with Crippen LogP contribution in [0.2, 0.25) is 0 Å². The van der Waals surface area contributed by atoms with Gasteiger partial charge in [0.15, 0.2) is 0 Å². The van der Waals surface area contributed by atoms with Gasteiger partial charge in [-0.3, -0.25) is 4.90 Å². The molecule has 0 N–H and O–H groups in total. The van der Waals surface area contributed by atoms with Gasteiger partial charge in [-0.15, -0.1) is 0 Å². The third kappa shape index (κ3) is 3.46. The van der Waals surface area contributed by atoms with Crippen LogP contribution in [0.4, 0.5) is 0 Å². The Hall–Kier alpha value is -0.0800. The first-order valence-electron chi connectivity index (χ1n) is 6.32. The normalized spacial score (nSPS) is 28.6. The first-order chi connectivity index (χ1) is 6.91. The van der Waals surface area contributed by atoms with Gasteiger partial charge >= 0.3 is 0 Å². The van der Waals surface area contributed by atoms with E-state index in [0.717, 1.165) is 17.9 Å². The molecule has 0 saturated carbocycles. The van der Waals surface area contributed by atoms with Crippen molar-refractivity contribution in [2.45, 2.75) is 46.2 Å². The van der Waals surface area contributed by atoms with Crippen LogP contribution >= 0.6 is 0 Å². The van der Waals surface area contributed by atoms with Crippen molar-refractivity contribution in [1.29, 1.82) is 0 Å². The summed E-state index contributed by atoms with van der Waals surface area (Å²) in [4.78, 5) is 5.03. The van der Waals surface area contributed by atoms with E-state index < -0.39 is 0 Å². The fourth-order valence-corrected chi connectivity index (χ4v) is 2.73. The predicted octanol–water partition coefficient (Wildman–Crippen LogP) is 2.30. The third-order valence-electron chi connectivity index (χ3n) is 3.60. The van der Waals surface area contributed by atoms with Crippen LogP contribution < -0.4 is 0 Å². The molecule has 1 saturated heterocycles. The second kappa shape index (κ2) is 5.31. The molecular weight excluding hydrogens is 184 g/mol. The van der Waals surface area contributed by atoms with E-state index in [4.69, 9.17) is 0 Å². The van der Waals surface area contributed by atoms with Crippen molar-refractivity contribution in [3.05, 3.63) is 0 Å². The Morgan fingerprint density at radius 2 is 1.73 bits per heavy atom. The molecular formula is C13H28N2. The van der Waals surface area contributed by atoms with Gasteiger partial charge in [0.1, 0.15) is 0 Å². The maximum atomic E-state index is 2.62. The monoisotopic (exact) mass is 212 g/mol. The van der Waals surface area contributed by atoms with Crippen LogP contribution in [0.15, 0.2) is 0 Å². The van der Waals surface area contributed by atoms with Crippen molar-refractivity contribution in [3.8, 4) is 0 Å². The lowest BCUT2D eigenvalue weighted by molar-refractivity contribution is 0.224. The van der Waals surface area contributed by atoms with Gasteiger partial charge in [-0.1, -0.05) is 13.8 Å². The smallest absolute Gasteiger partial charge is 0.0257 e. The topological polar surface area (TPSA) is 6.48 Å². The Kier molecular flexibility index (Phi) is 4.60. The Bertz CT molecular complexity index is 187. The Morgan fingerprint density at radius 3 is 2.13 bits per heavy atom. The summed E-state index contributed by atoms with van der Waals surface area (Å²) in [5.41, 5.74) is 0. The Labute approximate surface area is 95.6 Å². The van der Waals surface area contributed by atoms with E-state index in [1.165, 1.54) is 19.5 Å². The lowest BCUT2D eigenvalue weighted by Gasteiger charge is -2.26. The second-order valence-electron chi connectivity index (χ2n) is 5.97. The molecule has 0 aromatic heterocycles. The van der Waals surface area contributed by atoms with E-state index in [2.05, 4.69) is 51.6 Å². The number of rotatable bonds is 4. The van der Waals surface area contributed by atoms with Crippen LogP contribution in [0.3, 0.4) is 0 Å². The second-order valence-corrected chi connectivity index (χ2v) is 5.97. The molecule has 1 aliphatic heterocycles. The molecule has 90 valence electrons. The molecule has 1 heterocycles. The van der Waals surface area contributed by atoms with Gasteiger partial charge < -0.3 is 4.90 Å². The summed E-state index contributed by atoms with van der Waals surface area (Å²) in [7, 11) is 4.45. The summed E-state index contributed by atoms with van der Waals surface area (Å²) in [5.74, 6) is 1.69. The quantitative estimate of drug-likeness (QED) is 0.705. The average Bonchev–Trinajstić information content (AvgIpc) is 2.46. The Morgan fingerprint density at radius 1 is 1.13 bits per heavy atom. The highest BCUT2D eigenvalue weighted by atomic mass is 15.3. The first kappa shape index (κ1) is 13.0. The van der Waals surface area contributed by atoms with E-state index in [9.17, 15) is 0 Å². The van der Waals surface area contributed by atoms with Gasteiger partial charge in [-0.25, -0.2) is 0 Å². The Balaban J connectivity index is 2.59. The molecule has 0 radical (unpaired) electrons. The first-order valence-corrected chi connectivity index (χ1v) is 6.32. The maximum Gasteiger partial charge on any atom is 0.0257 e. The lowest BCUT2D eigenvalue weighted by atomic mass is 9.92. The molecule has 0 aromatic carbocycles. The molecule has 0 amide bonds. The average molecular weight is 212 g/mol. The van der Waals surface area contributed by atoms with Crippen LogP contribution in [0, 0.1) is 11.8 Å². The molecule has 2 heteroatoms. The largest absolute Gasteiger partial charge is 0.305 e. The molecule has 0 bridgehead atoms. The molecule has 0 unspecified atom stereocenters. The SMILES string of the molecule is CC(C)C[C@H]1CN(C(C)C)C[C@H]1N(C)C. The van der Waals surface area contributed by atoms with Crippen LogP contribution in [0.25, 0.3) is 0 Å². The summed E-state index contributed by atoms with van der Waals surface area (Å²) in [6.07, 6.45) is 1.37. The lowest BCUT2D eigenvalue weighted by Crippen LogP contribution is -2.36. The van der Waals surface area contributed by atoms with Crippen molar-refractivity contribution >= 4 is 0 Å². The predicted molar refractivity (Wildman–Crippen MR) is 67.1 cm³/mol. The highest BCUT2D eigenvalue weighted by Crippen LogP contribution is 2.27. The van der Waals surface area contributed by atoms with Crippen LogP contribution in [-0.4, -0.2) is 49.1 Å². The summed E-state index contributed by atoms with van der Waals surface area (Å²) in [6, 6.07) is 1.46. The molecule has 0 aromatic rings.